The van der Waals surface area contributed by atoms with Crippen LogP contribution in [0.4, 0.5) is 0 Å². The summed E-state index contributed by atoms with van der Waals surface area (Å²) >= 11 is 0. The van der Waals surface area contributed by atoms with Crippen molar-refractivity contribution in [3.63, 3.8) is 0 Å². The van der Waals surface area contributed by atoms with E-state index in [1.54, 1.807) is 4.90 Å². The third-order valence-electron chi connectivity index (χ3n) is 3.94. The van der Waals surface area contributed by atoms with E-state index in [0.29, 0.717) is 45.7 Å². The van der Waals surface area contributed by atoms with Gasteiger partial charge in [0.2, 0.25) is 5.91 Å². The molecule has 8 heteroatoms. The van der Waals surface area contributed by atoms with Gasteiger partial charge in [-0.05, 0) is 20.3 Å². The second-order valence-electron chi connectivity index (χ2n) is 5.84. The van der Waals surface area contributed by atoms with Crippen molar-refractivity contribution in [3.05, 3.63) is 0 Å². The van der Waals surface area contributed by atoms with Gasteiger partial charge in [-0.2, -0.15) is 17.0 Å². The van der Waals surface area contributed by atoms with Gasteiger partial charge in [-0.25, -0.2) is 0 Å². The molecule has 0 radical (unpaired) electrons. The largest absolute Gasteiger partial charge is 0.373 e. The highest BCUT2D eigenvalue weighted by Gasteiger charge is 2.36. The van der Waals surface area contributed by atoms with Gasteiger partial charge < -0.3 is 9.64 Å². The van der Waals surface area contributed by atoms with Crippen LogP contribution in [0.2, 0.25) is 0 Å². The van der Waals surface area contributed by atoms with E-state index < -0.39 is 10.2 Å². The molecule has 2 aliphatic rings. The van der Waals surface area contributed by atoms with E-state index in [4.69, 9.17) is 4.74 Å². The Labute approximate surface area is 127 Å². The first-order valence-electron chi connectivity index (χ1n) is 7.47. The molecule has 21 heavy (non-hydrogen) atoms. The van der Waals surface area contributed by atoms with Crippen molar-refractivity contribution in [2.75, 3.05) is 39.3 Å². The highest BCUT2D eigenvalue weighted by Crippen LogP contribution is 2.18. The zero-order valence-electron chi connectivity index (χ0n) is 13.0. The lowest BCUT2D eigenvalue weighted by molar-refractivity contribution is -0.128. The van der Waals surface area contributed by atoms with E-state index in [2.05, 4.69) is 0 Å². The molecule has 1 amide bonds. The zero-order chi connectivity index (χ0) is 15.6. The number of hydrogen-bond donors (Lipinski definition) is 0. The molecule has 2 unspecified atom stereocenters. The highest BCUT2D eigenvalue weighted by atomic mass is 32.2. The SMILES string of the molecule is CC(=O)N1CCCN(S(=O)(=O)N2CC(C)OC(C)C2)CC1. The van der Waals surface area contributed by atoms with Crippen LogP contribution in [0, 0.1) is 0 Å². The zero-order valence-corrected chi connectivity index (χ0v) is 13.8. The van der Waals surface area contributed by atoms with Crippen molar-refractivity contribution in [3.8, 4) is 0 Å². The summed E-state index contributed by atoms with van der Waals surface area (Å²) in [7, 11) is -3.47. The van der Waals surface area contributed by atoms with E-state index in [1.165, 1.54) is 15.5 Å². The molecule has 2 rings (SSSR count). The topological polar surface area (TPSA) is 70.2 Å². The van der Waals surface area contributed by atoms with Crippen molar-refractivity contribution in [1.29, 1.82) is 0 Å². The van der Waals surface area contributed by atoms with E-state index in [0.717, 1.165) is 0 Å². The van der Waals surface area contributed by atoms with Crippen LogP contribution in [0.25, 0.3) is 0 Å². The van der Waals surface area contributed by atoms with Gasteiger partial charge in [0.05, 0.1) is 12.2 Å². The maximum atomic E-state index is 12.8. The monoisotopic (exact) mass is 319 g/mol. The lowest BCUT2D eigenvalue weighted by Gasteiger charge is -2.37. The van der Waals surface area contributed by atoms with E-state index in [-0.39, 0.29) is 18.1 Å². The lowest BCUT2D eigenvalue weighted by Crippen LogP contribution is -2.53. The quantitative estimate of drug-likeness (QED) is 0.712. The Morgan fingerprint density at radius 2 is 1.62 bits per heavy atom. The lowest BCUT2D eigenvalue weighted by atomic mass is 10.3. The first-order valence-corrected chi connectivity index (χ1v) is 8.86. The Morgan fingerprint density at radius 3 is 2.19 bits per heavy atom. The van der Waals surface area contributed by atoms with Crippen LogP contribution in [-0.2, 0) is 19.7 Å². The van der Waals surface area contributed by atoms with E-state index >= 15 is 0 Å². The van der Waals surface area contributed by atoms with Gasteiger partial charge in [-0.15, -0.1) is 0 Å². The van der Waals surface area contributed by atoms with Crippen LogP contribution in [-0.4, -0.2) is 79.3 Å². The summed E-state index contributed by atoms with van der Waals surface area (Å²) in [4.78, 5) is 13.1. The molecule has 2 saturated heterocycles. The highest BCUT2D eigenvalue weighted by molar-refractivity contribution is 7.86. The van der Waals surface area contributed by atoms with Gasteiger partial charge in [0, 0.05) is 46.2 Å². The Hall–Kier alpha value is -0.700. The molecule has 2 aliphatic heterocycles. The molecular formula is C13H25N3O4S. The summed E-state index contributed by atoms with van der Waals surface area (Å²) in [6, 6.07) is 0. The van der Waals surface area contributed by atoms with Crippen molar-refractivity contribution in [2.24, 2.45) is 0 Å². The smallest absolute Gasteiger partial charge is 0.282 e. The fraction of sp³-hybridized carbons (Fsp3) is 0.923. The number of hydrogen-bond acceptors (Lipinski definition) is 4. The summed E-state index contributed by atoms with van der Waals surface area (Å²) in [5, 5.41) is 0. The molecule has 0 aliphatic carbocycles. The number of carbonyl (C=O) groups is 1. The van der Waals surface area contributed by atoms with E-state index in [1.807, 2.05) is 13.8 Å². The van der Waals surface area contributed by atoms with Crippen molar-refractivity contribution >= 4 is 16.1 Å². The van der Waals surface area contributed by atoms with Gasteiger partial charge in [0.15, 0.2) is 0 Å². The number of rotatable bonds is 2. The average molecular weight is 319 g/mol. The van der Waals surface area contributed by atoms with Crippen LogP contribution in [0.15, 0.2) is 0 Å². The van der Waals surface area contributed by atoms with E-state index in [9.17, 15) is 13.2 Å². The first-order chi connectivity index (χ1) is 9.80. The number of morpholine rings is 1. The third-order valence-corrected chi connectivity index (χ3v) is 5.91. The molecule has 7 nitrogen and oxygen atoms in total. The summed E-state index contributed by atoms with van der Waals surface area (Å²) < 4.78 is 34.1. The normalized spacial score (nSPS) is 30.1. The number of ether oxygens (including phenoxy) is 1. The maximum absolute atomic E-state index is 12.8. The van der Waals surface area contributed by atoms with Crippen molar-refractivity contribution in [1.82, 2.24) is 13.5 Å². The molecular weight excluding hydrogens is 294 g/mol. The second kappa shape index (κ2) is 6.60. The molecule has 0 saturated carbocycles. The summed E-state index contributed by atoms with van der Waals surface area (Å²) in [6.45, 7) is 7.99. The molecule has 0 spiro atoms. The number of amides is 1. The van der Waals surface area contributed by atoms with Crippen LogP contribution in [0.1, 0.15) is 27.2 Å². The maximum Gasteiger partial charge on any atom is 0.282 e. The molecule has 2 atom stereocenters. The van der Waals surface area contributed by atoms with Crippen LogP contribution < -0.4 is 0 Å². The molecule has 2 heterocycles. The van der Waals surface area contributed by atoms with Gasteiger partial charge in [0.25, 0.3) is 10.2 Å². The Balaban J connectivity index is 2.07. The molecule has 122 valence electrons. The van der Waals surface area contributed by atoms with Crippen LogP contribution in [0.3, 0.4) is 0 Å². The minimum Gasteiger partial charge on any atom is -0.373 e. The van der Waals surface area contributed by atoms with Crippen molar-refractivity contribution < 1.29 is 17.9 Å². The molecule has 0 N–H and O–H groups in total. The van der Waals surface area contributed by atoms with Gasteiger partial charge in [0.1, 0.15) is 0 Å². The number of carbonyl (C=O) groups excluding carboxylic acids is 1. The molecule has 0 aromatic carbocycles. The van der Waals surface area contributed by atoms with Gasteiger partial charge >= 0.3 is 0 Å². The van der Waals surface area contributed by atoms with Crippen LogP contribution >= 0.6 is 0 Å². The Bertz CT molecular complexity index is 472. The Morgan fingerprint density at radius 1 is 1.00 bits per heavy atom. The average Bonchev–Trinajstić information content (AvgIpc) is 2.63. The molecule has 0 aromatic rings. The second-order valence-corrected chi connectivity index (χ2v) is 7.77. The predicted molar refractivity (Wildman–Crippen MR) is 78.9 cm³/mol. The molecule has 0 aromatic heterocycles. The summed E-state index contributed by atoms with van der Waals surface area (Å²) in [5.74, 6) is 0.00265. The predicted octanol–water partition coefficient (Wildman–Crippen LogP) is -0.105. The van der Waals surface area contributed by atoms with Crippen LogP contribution in [0.5, 0.6) is 0 Å². The third kappa shape index (κ3) is 3.94. The minimum atomic E-state index is -3.47. The minimum absolute atomic E-state index is 0.00265. The van der Waals surface area contributed by atoms with Gasteiger partial charge in [-0.3, -0.25) is 4.79 Å². The Kier molecular flexibility index (Phi) is 5.24. The fourth-order valence-corrected chi connectivity index (χ4v) is 4.72. The standard InChI is InChI=1S/C13H25N3O4S/c1-11-9-16(10-12(2)20-11)21(18,19)15-6-4-5-14(7-8-15)13(3)17/h11-12H,4-10H2,1-3H3. The molecule has 2 fully saturated rings. The fourth-order valence-electron chi connectivity index (χ4n) is 2.92. The van der Waals surface area contributed by atoms with Crippen molar-refractivity contribution in [2.45, 2.75) is 39.4 Å². The number of nitrogens with zero attached hydrogens (tertiary/aromatic N) is 3. The van der Waals surface area contributed by atoms with Gasteiger partial charge in [-0.1, -0.05) is 0 Å². The summed E-state index contributed by atoms with van der Waals surface area (Å²) in [5.41, 5.74) is 0. The molecule has 0 bridgehead atoms. The summed E-state index contributed by atoms with van der Waals surface area (Å²) in [6.07, 6.45) is 0.488. The first kappa shape index (κ1) is 16.7.